The van der Waals surface area contributed by atoms with Gasteiger partial charge < -0.3 is 10.0 Å². The van der Waals surface area contributed by atoms with Gasteiger partial charge in [0.25, 0.3) is 5.91 Å². The number of carbonyl (C=O) groups is 2. The van der Waals surface area contributed by atoms with Crippen molar-refractivity contribution in [2.45, 2.75) is 6.54 Å². The van der Waals surface area contributed by atoms with Crippen molar-refractivity contribution in [3.8, 4) is 0 Å². The van der Waals surface area contributed by atoms with Crippen molar-refractivity contribution in [3.63, 3.8) is 0 Å². The zero-order valence-electron chi connectivity index (χ0n) is 10.1. The predicted molar refractivity (Wildman–Crippen MR) is 63.4 cm³/mol. The van der Waals surface area contributed by atoms with Gasteiger partial charge in [-0.05, 0) is 12.1 Å². The SMILES string of the molecule is CN(Cc1ncn[nH]1)C(=O)c1ccc(C(=O)O)nc1. The molecule has 0 aliphatic rings. The van der Waals surface area contributed by atoms with E-state index >= 15 is 0 Å². The van der Waals surface area contributed by atoms with E-state index in [0.717, 1.165) is 0 Å². The topological polar surface area (TPSA) is 112 Å². The van der Waals surface area contributed by atoms with E-state index in [4.69, 9.17) is 5.11 Å². The van der Waals surface area contributed by atoms with Gasteiger partial charge in [0, 0.05) is 13.2 Å². The molecule has 0 spiro atoms. The highest BCUT2D eigenvalue weighted by molar-refractivity contribution is 5.94. The molecule has 19 heavy (non-hydrogen) atoms. The zero-order chi connectivity index (χ0) is 13.8. The van der Waals surface area contributed by atoms with E-state index in [1.165, 1.54) is 29.6 Å². The molecule has 1 amide bonds. The lowest BCUT2D eigenvalue weighted by Gasteiger charge is -2.15. The molecule has 0 saturated heterocycles. The third kappa shape index (κ3) is 2.92. The molecule has 0 aliphatic carbocycles. The van der Waals surface area contributed by atoms with E-state index in [2.05, 4.69) is 20.2 Å². The number of carboxylic acids is 1. The quantitative estimate of drug-likeness (QED) is 0.811. The highest BCUT2D eigenvalue weighted by atomic mass is 16.4. The van der Waals surface area contributed by atoms with Crippen molar-refractivity contribution < 1.29 is 14.7 Å². The van der Waals surface area contributed by atoms with Crippen LogP contribution in [0.15, 0.2) is 24.7 Å². The largest absolute Gasteiger partial charge is 0.477 e. The normalized spacial score (nSPS) is 10.2. The Morgan fingerprint density at radius 3 is 2.68 bits per heavy atom. The highest BCUT2D eigenvalue weighted by Gasteiger charge is 2.14. The molecule has 2 aromatic rings. The Balaban J connectivity index is 2.08. The summed E-state index contributed by atoms with van der Waals surface area (Å²) in [7, 11) is 1.61. The van der Waals surface area contributed by atoms with Crippen LogP contribution in [0.4, 0.5) is 0 Å². The van der Waals surface area contributed by atoms with E-state index < -0.39 is 5.97 Å². The van der Waals surface area contributed by atoms with Gasteiger partial charge >= 0.3 is 5.97 Å². The van der Waals surface area contributed by atoms with Crippen LogP contribution in [-0.4, -0.2) is 49.1 Å². The predicted octanol–water partition coefficient (Wildman–Crippen LogP) is 0.170. The molecule has 2 heterocycles. The zero-order valence-corrected chi connectivity index (χ0v) is 10.1. The lowest BCUT2D eigenvalue weighted by Crippen LogP contribution is -2.27. The fourth-order valence-electron chi connectivity index (χ4n) is 1.47. The number of aromatic nitrogens is 4. The van der Waals surface area contributed by atoms with E-state index in [0.29, 0.717) is 11.4 Å². The van der Waals surface area contributed by atoms with Crippen molar-refractivity contribution in [1.29, 1.82) is 0 Å². The second-order valence-corrected chi connectivity index (χ2v) is 3.83. The average molecular weight is 261 g/mol. The van der Waals surface area contributed by atoms with E-state index in [1.54, 1.807) is 7.05 Å². The molecule has 98 valence electrons. The fraction of sp³-hybridized carbons (Fsp3) is 0.182. The summed E-state index contributed by atoms with van der Waals surface area (Å²) in [5.41, 5.74) is 0.210. The van der Waals surface area contributed by atoms with Gasteiger partial charge in [0.1, 0.15) is 17.8 Å². The fourth-order valence-corrected chi connectivity index (χ4v) is 1.47. The van der Waals surface area contributed by atoms with Crippen molar-refractivity contribution in [3.05, 3.63) is 41.7 Å². The summed E-state index contributed by atoms with van der Waals surface area (Å²) in [6, 6.07) is 2.72. The van der Waals surface area contributed by atoms with Crippen molar-refractivity contribution in [2.24, 2.45) is 0 Å². The Hall–Kier alpha value is -2.77. The molecule has 0 aromatic carbocycles. The molecule has 8 nitrogen and oxygen atoms in total. The summed E-state index contributed by atoms with van der Waals surface area (Å²) in [6.07, 6.45) is 2.60. The Morgan fingerprint density at radius 1 is 1.37 bits per heavy atom. The maximum Gasteiger partial charge on any atom is 0.354 e. The Labute approximate surface area is 108 Å². The number of aromatic amines is 1. The van der Waals surface area contributed by atoms with Crippen LogP contribution in [0.3, 0.4) is 0 Å². The van der Waals surface area contributed by atoms with Gasteiger partial charge in [-0.1, -0.05) is 0 Å². The number of carbonyl (C=O) groups excluding carboxylic acids is 1. The summed E-state index contributed by atoms with van der Waals surface area (Å²) in [5.74, 6) is -0.846. The lowest BCUT2D eigenvalue weighted by molar-refractivity contribution is 0.0688. The number of pyridine rings is 1. The van der Waals surface area contributed by atoms with Crippen molar-refractivity contribution >= 4 is 11.9 Å². The lowest BCUT2D eigenvalue weighted by atomic mass is 10.2. The number of carboxylic acid groups (broad SMARTS) is 1. The summed E-state index contributed by atoms with van der Waals surface area (Å²) < 4.78 is 0. The third-order valence-corrected chi connectivity index (χ3v) is 2.43. The van der Waals surface area contributed by atoms with Crippen LogP contribution in [0.2, 0.25) is 0 Å². The van der Waals surface area contributed by atoms with Crippen LogP contribution in [0.5, 0.6) is 0 Å². The van der Waals surface area contributed by atoms with Crippen LogP contribution in [0, 0.1) is 0 Å². The molecule has 0 fully saturated rings. The molecule has 2 rings (SSSR count). The molecule has 8 heteroatoms. The number of nitrogens with zero attached hydrogens (tertiary/aromatic N) is 4. The first-order valence-electron chi connectivity index (χ1n) is 5.37. The molecule has 0 radical (unpaired) electrons. The van der Waals surface area contributed by atoms with Crippen LogP contribution < -0.4 is 0 Å². The van der Waals surface area contributed by atoms with E-state index in [9.17, 15) is 9.59 Å². The number of aromatic carboxylic acids is 1. The van der Waals surface area contributed by atoms with Gasteiger partial charge in [-0.15, -0.1) is 0 Å². The van der Waals surface area contributed by atoms with Gasteiger partial charge in [-0.3, -0.25) is 9.89 Å². The monoisotopic (exact) mass is 261 g/mol. The second-order valence-electron chi connectivity index (χ2n) is 3.83. The van der Waals surface area contributed by atoms with Crippen LogP contribution in [-0.2, 0) is 6.54 Å². The molecule has 2 N–H and O–H groups in total. The van der Waals surface area contributed by atoms with Gasteiger partial charge in [0.2, 0.25) is 0 Å². The number of nitrogens with one attached hydrogen (secondary N) is 1. The number of hydrogen-bond donors (Lipinski definition) is 2. The van der Waals surface area contributed by atoms with E-state index in [1.807, 2.05) is 0 Å². The number of hydrogen-bond acceptors (Lipinski definition) is 5. The molecular weight excluding hydrogens is 250 g/mol. The molecule has 0 unspecified atom stereocenters. The second kappa shape index (κ2) is 5.25. The summed E-state index contributed by atoms with van der Waals surface area (Å²) >= 11 is 0. The maximum atomic E-state index is 12.0. The van der Waals surface area contributed by atoms with E-state index in [-0.39, 0.29) is 18.1 Å². The highest BCUT2D eigenvalue weighted by Crippen LogP contribution is 2.06. The third-order valence-electron chi connectivity index (χ3n) is 2.43. The van der Waals surface area contributed by atoms with Gasteiger partial charge in [0.15, 0.2) is 0 Å². The van der Waals surface area contributed by atoms with Gasteiger partial charge in [0.05, 0.1) is 12.1 Å². The Bertz CT molecular complexity index is 579. The first-order chi connectivity index (χ1) is 9.08. The molecule has 0 saturated carbocycles. The number of amides is 1. The molecule has 2 aromatic heterocycles. The van der Waals surface area contributed by atoms with Crippen molar-refractivity contribution in [2.75, 3.05) is 7.05 Å². The molecule has 0 atom stereocenters. The summed E-state index contributed by atoms with van der Waals surface area (Å²) in [5, 5.41) is 15.1. The maximum absolute atomic E-state index is 12.0. The van der Waals surface area contributed by atoms with Crippen LogP contribution >= 0.6 is 0 Å². The Morgan fingerprint density at radius 2 is 2.16 bits per heavy atom. The standard InChI is InChI=1S/C11H11N5O3/c1-16(5-9-13-6-14-15-9)10(17)7-2-3-8(11(18)19)12-4-7/h2-4,6H,5H2,1H3,(H,18,19)(H,13,14,15). The first-order valence-corrected chi connectivity index (χ1v) is 5.37. The average Bonchev–Trinajstić information content (AvgIpc) is 2.90. The summed E-state index contributed by atoms with van der Waals surface area (Å²) in [6.45, 7) is 0.277. The molecule has 0 bridgehead atoms. The van der Waals surface area contributed by atoms with Gasteiger partial charge in [-0.2, -0.15) is 5.10 Å². The molecular formula is C11H11N5O3. The van der Waals surface area contributed by atoms with Crippen LogP contribution in [0.25, 0.3) is 0 Å². The number of rotatable bonds is 4. The molecule has 0 aliphatic heterocycles. The minimum absolute atomic E-state index is 0.102. The summed E-state index contributed by atoms with van der Waals surface area (Å²) in [4.78, 5) is 31.7. The smallest absolute Gasteiger partial charge is 0.354 e. The minimum atomic E-state index is -1.13. The van der Waals surface area contributed by atoms with Gasteiger partial charge in [-0.25, -0.2) is 14.8 Å². The van der Waals surface area contributed by atoms with Crippen LogP contribution in [0.1, 0.15) is 26.7 Å². The number of H-pyrrole nitrogens is 1. The van der Waals surface area contributed by atoms with Crippen molar-refractivity contribution in [1.82, 2.24) is 25.1 Å². The first kappa shape index (κ1) is 12.7. The Kier molecular flexibility index (Phi) is 3.51. The minimum Gasteiger partial charge on any atom is -0.477 e.